The molecule has 10 heteroatoms. The fourth-order valence-corrected chi connectivity index (χ4v) is 2.48. The molecule has 1 unspecified atom stereocenters. The summed E-state index contributed by atoms with van der Waals surface area (Å²) in [6, 6.07) is 6.91. The van der Waals surface area contributed by atoms with E-state index in [1.54, 1.807) is 12.1 Å². The van der Waals surface area contributed by atoms with Crippen molar-refractivity contribution in [1.29, 1.82) is 0 Å². The number of hydrogen-bond acceptors (Lipinski definition) is 6. The van der Waals surface area contributed by atoms with Crippen LogP contribution in [-0.2, 0) is 20.7 Å². The fourth-order valence-electron chi connectivity index (χ4n) is 2.48. The number of alkyl carbamates (subject to hydrolysis) is 1. The Hall–Kier alpha value is -3.79. The first-order valence-corrected chi connectivity index (χ1v) is 8.22. The Labute approximate surface area is 162 Å². The van der Waals surface area contributed by atoms with Gasteiger partial charge < -0.3 is 20.3 Å². The summed E-state index contributed by atoms with van der Waals surface area (Å²) in [6.45, 7) is 0. The number of carbonyl (C=O) groups excluding carboxylic acids is 2. The maximum Gasteiger partial charge on any atom is 0.419 e. The van der Waals surface area contributed by atoms with Gasteiger partial charge in [-0.05, 0) is 30.2 Å². The Morgan fingerprint density at radius 2 is 1.79 bits per heavy atom. The fraction of sp³-hybridized carbons (Fsp3) is 0.105. The van der Waals surface area contributed by atoms with E-state index in [1.165, 1.54) is 12.1 Å². The lowest BCUT2D eigenvalue weighted by molar-refractivity contribution is -0.138. The number of amides is 2. The number of cyclic esters (lactones) is 1. The monoisotopic (exact) mass is 404 g/mol. The standard InChI is InChI=1S/C19H14F2N2O6/c20-13-6-11(7-14(21)12(13)8-16-17(24)23-19(27)29-16)28-10-3-1-9(2-4-10)5-15(22)18(25)26/h1-4,6-8,15H,5,22H2,(H,25,26)(H,23,24,27). The summed E-state index contributed by atoms with van der Waals surface area (Å²) in [5.41, 5.74) is 5.54. The van der Waals surface area contributed by atoms with Crippen LogP contribution in [0.3, 0.4) is 0 Å². The summed E-state index contributed by atoms with van der Waals surface area (Å²) < 4.78 is 38.5. The number of ether oxygens (including phenoxy) is 2. The zero-order chi connectivity index (χ0) is 21.1. The lowest BCUT2D eigenvalue weighted by Gasteiger charge is -2.10. The number of nitrogens with one attached hydrogen (secondary N) is 1. The lowest BCUT2D eigenvalue weighted by atomic mass is 10.1. The number of carboxylic acid groups (broad SMARTS) is 1. The predicted molar refractivity (Wildman–Crippen MR) is 94.8 cm³/mol. The van der Waals surface area contributed by atoms with E-state index < -0.39 is 47.0 Å². The number of aliphatic carboxylic acids is 1. The molecule has 1 heterocycles. The minimum absolute atomic E-state index is 0.111. The highest BCUT2D eigenvalue weighted by Crippen LogP contribution is 2.28. The molecule has 2 aromatic carbocycles. The third kappa shape index (κ3) is 4.74. The van der Waals surface area contributed by atoms with Crippen molar-refractivity contribution < 1.29 is 37.7 Å². The number of halogens is 2. The number of rotatable bonds is 6. The molecule has 1 fully saturated rings. The zero-order valence-corrected chi connectivity index (χ0v) is 14.6. The van der Waals surface area contributed by atoms with Crippen LogP contribution in [0.1, 0.15) is 11.1 Å². The van der Waals surface area contributed by atoms with E-state index in [0.717, 1.165) is 18.2 Å². The summed E-state index contributed by atoms with van der Waals surface area (Å²) in [5.74, 6) is -4.53. The van der Waals surface area contributed by atoms with Crippen LogP contribution in [0.25, 0.3) is 6.08 Å². The van der Waals surface area contributed by atoms with Gasteiger partial charge in [0.15, 0.2) is 5.76 Å². The molecule has 0 aromatic heterocycles. The van der Waals surface area contributed by atoms with Crippen molar-refractivity contribution in [3.63, 3.8) is 0 Å². The number of carbonyl (C=O) groups is 3. The molecule has 29 heavy (non-hydrogen) atoms. The first-order chi connectivity index (χ1) is 13.7. The molecule has 2 amide bonds. The molecule has 1 saturated heterocycles. The van der Waals surface area contributed by atoms with E-state index in [4.69, 9.17) is 15.6 Å². The van der Waals surface area contributed by atoms with Crippen molar-refractivity contribution >= 4 is 24.0 Å². The van der Waals surface area contributed by atoms with Crippen LogP contribution < -0.4 is 15.8 Å². The van der Waals surface area contributed by atoms with E-state index in [9.17, 15) is 23.2 Å². The first-order valence-electron chi connectivity index (χ1n) is 8.22. The largest absolute Gasteiger partial charge is 0.480 e. The molecule has 0 spiro atoms. The second-order valence-corrected chi connectivity index (χ2v) is 6.05. The van der Waals surface area contributed by atoms with E-state index in [2.05, 4.69) is 4.74 Å². The number of imide groups is 1. The van der Waals surface area contributed by atoms with Gasteiger partial charge in [0.25, 0.3) is 5.91 Å². The van der Waals surface area contributed by atoms with Crippen molar-refractivity contribution in [3.05, 3.63) is 64.9 Å². The highest BCUT2D eigenvalue weighted by Gasteiger charge is 2.27. The van der Waals surface area contributed by atoms with Gasteiger partial charge >= 0.3 is 12.1 Å². The van der Waals surface area contributed by atoms with Crippen LogP contribution >= 0.6 is 0 Å². The maximum absolute atomic E-state index is 14.3. The molecule has 1 aliphatic rings. The highest BCUT2D eigenvalue weighted by atomic mass is 19.1. The Morgan fingerprint density at radius 1 is 1.17 bits per heavy atom. The van der Waals surface area contributed by atoms with Gasteiger partial charge in [0.05, 0.1) is 5.56 Å². The minimum atomic E-state index is -1.13. The van der Waals surface area contributed by atoms with Crippen LogP contribution in [0.5, 0.6) is 11.5 Å². The zero-order valence-electron chi connectivity index (χ0n) is 14.6. The van der Waals surface area contributed by atoms with Crippen molar-refractivity contribution in [1.82, 2.24) is 5.32 Å². The van der Waals surface area contributed by atoms with E-state index in [1.807, 2.05) is 5.32 Å². The van der Waals surface area contributed by atoms with Crippen LogP contribution in [0.4, 0.5) is 13.6 Å². The number of hydrogen-bond donors (Lipinski definition) is 3. The van der Waals surface area contributed by atoms with Gasteiger partial charge in [0, 0.05) is 12.1 Å². The third-order valence-electron chi connectivity index (χ3n) is 3.90. The molecule has 4 N–H and O–H groups in total. The second kappa shape index (κ2) is 8.07. The lowest BCUT2D eigenvalue weighted by Crippen LogP contribution is -2.32. The SMILES string of the molecule is NC(Cc1ccc(Oc2cc(F)c(C=C3OC(=O)NC3=O)c(F)c2)cc1)C(=O)O. The number of nitrogens with two attached hydrogens (primary N) is 1. The quantitative estimate of drug-likeness (QED) is 0.631. The Balaban J connectivity index is 1.76. The average molecular weight is 404 g/mol. The topological polar surface area (TPSA) is 128 Å². The molecular weight excluding hydrogens is 390 g/mol. The molecule has 0 radical (unpaired) electrons. The molecule has 0 saturated carbocycles. The molecule has 3 rings (SSSR count). The minimum Gasteiger partial charge on any atom is -0.480 e. The van der Waals surface area contributed by atoms with E-state index >= 15 is 0 Å². The van der Waals surface area contributed by atoms with Crippen LogP contribution in [-0.4, -0.2) is 29.1 Å². The molecule has 150 valence electrons. The van der Waals surface area contributed by atoms with Crippen molar-refractivity contribution in [2.45, 2.75) is 12.5 Å². The third-order valence-corrected chi connectivity index (χ3v) is 3.90. The molecule has 0 bridgehead atoms. The predicted octanol–water partition coefficient (Wildman–Crippen LogP) is 2.32. The van der Waals surface area contributed by atoms with Gasteiger partial charge in [0.2, 0.25) is 0 Å². The highest BCUT2D eigenvalue weighted by molar-refractivity contribution is 6.09. The Kier molecular flexibility index (Phi) is 5.55. The average Bonchev–Trinajstić information content (AvgIpc) is 2.97. The van der Waals surface area contributed by atoms with E-state index in [-0.39, 0.29) is 17.9 Å². The van der Waals surface area contributed by atoms with Gasteiger partial charge in [0.1, 0.15) is 29.2 Å². The smallest absolute Gasteiger partial charge is 0.419 e. The summed E-state index contributed by atoms with van der Waals surface area (Å²) in [6.07, 6.45) is -0.148. The molecule has 2 aromatic rings. The summed E-state index contributed by atoms with van der Waals surface area (Å²) in [5, 5.41) is 10.6. The van der Waals surface area contributed by atoms with Crippen LogP contribution in [0, 0.1) is 11.6 Å². The van der Waals surface area contributed by atoms with Crippen molar-refractivity contribution in [3.8, 4) is 11.5 Å². The molecule has 1 aliphatic heterocycles. The summed E-state index contributed by atoms with van der Waals surface area (Å²) in [7, 11) is 0. The number of carboxylic acids is 1. The summed E-state index contributed by atoms with van der Waals surface area (Å²) in [4.78, 5) is 33.1. The van der Waals surface area contributed by atoms with Gasteiger partial charge in [-0.2, -0.15) is 0 Å². The van der Waals surface area contributed by atoms with Gasteiger partial charge in [-0.3, -0.25) is 14.9 Å². The van der Waals surface area contributed by atoms with Crippen LogP contribution in [0.2, 0.25) is 0 Å². The first kappa shape index (κ1) is 20.0. The Morgan fingerprint density at radius 3 is 2.31 bits per heavy atom. The van der Waals surface area contributed by atoms with Gasteiger partial charge in [-0.25, -0.2) is 13.6 Å². The van der Waals surface area contributed by atoms with Crippen molar-refractivity contribution in [2.24, 2.45) is 5.73 Å². The summed E-state index contributed by atoms with van der Waals surface area (Å²) >= 11 is 0. The van der Waals surface area contributed by atoms with E-state index in [0.29, 0.717) is 5.56 Å². The van der Waals surface area contributed by atoms with Gasteiger partial charge in [-0.1, -0.05) is 12.1 Å². The van der Waals surface area contributed by atoms with Crippen molar-refractivity contribution in [2.75, 3.05) is 0 Å². The van der Waals surface area contributed by atoms with Gasteiger partial charge in [-0.15, -0.1) is 0 Å². The molecule has 0 aliphatic carbocycles. The maximum atomic E-state index is 14.3. The molecular formula is C19H14F2N2O6. The second-order valence-electron chi connectivity index (χ2n) is 6.05. The molecule has 8 nitrogen and oxygen atoms in total. The molecule has 1 atom stereocenters. The normalized spacial score (nSPS) is 15.8. The van der Waals surface area contributed by atoms with Crippen LogP contribution in [0.15, 0.2) is 42.2 Å². The Bertz CT molecular complexity index is 997. The number of benzene rings is 2.